The smallest absolute Gasteiger partial charge is 0.314 e. The van der Waals surface area contributed by atoms with Crippen molar-refractivity contribution in [3.05, 3.63) is 27.7 Å². The predicted molar refractivity (Wildman–Crippen MR) is 61.6 cm³/mol. The highest BCUT2D eigenvalue weighted by Gasteiger charge is 2.53. The Balaban J connectivity index is 2.57. The van der Waals surface area contributed by atoms with Crippen LogP contribution in [0.25, 0.3) is 0 Å². The quantitative estimate of drug-likeness (QED) is 0.909. The summed E-state index contributed by atoms with van der Waals surface area (Å²) in [7, 11) is 1.47. The van der Waals surface area contributed by atoms with Gasteiger partial charge < -0.3 is 9.84 Å². The molecule has 16 heavy (non-hydrogen) atoms. The Morgan fingerprint density at radius 3 is 2.50 bits per heavy atom. The molecule has 1 aliphatic carbocycles. The van der Waals surface area contributed by atoms with Crippen LogP contribution in [-0.2, 0) is 10.2 Å². The molecule has 1 fully saturated rings. The first kappa shape index (κ1) is 11.6. The Kier molecular flexibility index (Phi) is 2.76. The van der Waals surface area contributed by atoms with Gasteiger partial charge in [0, 0.05) is 11.1 Å². The van der Waals surface area contributed by atoms with Crippen LogP contribution in [0, 0.1) is 0 Å². The highest BCUT2D eigenvalue weighted by Crippen LogP contribution is 2.53. The summed E-state index contributed by atoms with van der Waals surface area (Å²) in [6.45, 7) is 0. The Hall–Kier alpha value is -0.930. The maximum Gasteiger partial charge on any atom is 0.314 e. The van der Waals surface area contributed by atoms with Crippen molar-refractivity contribution in [3.8, 4) is 5.75 Å². The number of aliphatic carboxylic acids is 1. The summed E-state index contributed by atoms with van der Waals surface area (Å²) in [5.74, 6) is -0.449. The summed E-state index contributed by atoms with van der Waals surface area (Å²) in [6, 6.07) is 3.18. The lowest BCUT2D eigenvalue weighted by atomic mass is 9.96. The molecule has 0 bridgehead atoms. The minimum absolute atomic E-state index is 0.340. The van der Waals surface area contributed by atoms with Crippen LogP contribution >= 0.6 is 23.2 Å². The fourth-order valence-corrected chi connectivity index (χ4v) is 2.36. The molecule has 0 radical (unpaired) electrons. The van der Waals surface area contributed by atoms with Crippen molar-refractivity contribution >= 4 is 29.2 Å². The normalized spacial score (nSPS) is 16.9. The van der Waals surface area contributed by atoms with Gasteiger partial charge in [-0.2, -0.15) is 0 Å². The first-order valence-corrected chi connectivity index (χ1v) is 5.54. The van der Waals surface area contributed by atoms with E-state index >= 15 is 0 Å². The molecule has 1 N–H and O–H groups in total. The van der Waals surface area contributed by atoms with E-state index in [0.717, 1.165) is 0 Å². The van der Waals surface area contributed by atoms with E-state index in [1.807, 2.05) is 0 Å². The monoisotopic (exact) mass is 260 g/mol. The number of ether oxygens (including phenoxy) is 1. The number of rotatable bonds is 3. The molecule has 0 atom stereocenters. The van der Waals surface area contributed by atoms with E-state index < -0.39 is 11.4 Å². The van der Waals surface area contributed by atoms with Crippen LogP contribution in [0.4, 0.5) is 0 Å². The topological polar surface area (TPSA) is 46.5 Å². The maximum atomic E-state index is 11.2. The molecule has 86 valence electrons. The minimum Gasteiger partial charge on any atom is -0.495 e. The number of carboxylic acid groups (broad SMARTS) is 1. The molecule has 0 spiro atoms. The lowest BCUT2D eigenvalue weighted by molar-refractivity contribution is -0.140. The molecule has 0 aliphatic heterocycles. The third kappa shape index (κ3) is 1.64. The van der Waals surface area contributed by atoms with Crippen molar-refractivity contribution in [2.75, 3.05) is 7.11 Å². The van der Waals surface area contributed by atoms with Crippen LogP contribution < -0.4 is 4.74 Å². The molecular formula is C11H10Cl2O3. The van der Waals surface area contributed by atoms with Gasteiger partial charge in [-0.3, -0.25) is 4.79 Å². The molecule has 0 aromatic heterocycles. The Labute approximate surface area is 103 Å². The second-order valence-corrected chi connectivity index (χ2v) is 4.67. The first-order valence-electron chi connectivity index (χ1n) is 4.78. The van der Waals surface area contributed by atoms with Crippen LogP contribution in [0.1, 0.15) is 18.4 Å². The predicted octanol–water partition coefficient (Wildman–Crippen LogP) is 3.12. The van der Waals surface area contributed by atoms with Gasteiger partial charge in [0.15, 0.2) is 0 Å². The van der Waals surface area contributed by atoms with Crippen LogP contribution in [0.15, 0.2) is 12.1 Å². The fraction of sp³-hybridized carbons (Fsp3) is 0.364. The van der Waals surface area contributed by atoms with E-state index in [2.05, 4.69) is 0 Å². The molecule has 5 heteroatoms. The summed E-state index contributed by atoms with van der Waals surface area (Å²) in [5.41, 5.74) is -0.319. The van der Waals surface area contributed by atoms with E-state index in [1.54, 1.807) is 12.1 Å². The van der Waals surface area contributed by atoms with E-state index in [0.29, 0.717) is 34.2 Å². The average molecular weight is 261 g/mol. The summed E-state index contributed by atoms with van der Waals surface area (Å²) in [6.07, 6.45) is 1.18. The summed E-state index contributed by atoms with van der Waals surface area (Å²) >= 11 is 12.0. The molecule has 0 amide bonds. The molecule has 1 saturated carbocycles. The molecule has 0 saturated heterocycles. The number of halogens is 2. The largest absolute Gasteiger partial charge is 0.495 e. The lowest BCUT2D eigenvalue weighted by Gasteiger charge is -2.15. The zero-order valence-corrected chi connectivity index (χ0v) is 10.1. The van der Waals surface area contributed by atoms with Crippen molar-refractivity contribution in [1.29, 1.82) is 0 Å². The van der Waals surface area contributed by atoms with E-state index in [-0.39, 0.29) is 0 Å². The molecule has 0 unspecified atom stereocenters. The maximum absolute atomic E-state index is 11.2. The Morgan fingerprint density at radius 1 is 1.44 bits per heavy atom. The second kappa shape index (κ2) is 3.82. The molecule has 0 heterocycles. The van der Waals surface area contributed by atoms with Crippen LogP contribution in [0.3, 0.4) is 0 Å². The minimum atomic E-state index is -0.866. The summed E-state index contributed by atoms with van der Waals surface area (Å²) < 4.78 is 5.06. The number of hydrogen-bond acceptors (Lipinski definition) is 2. The van der Waals surface area contributed by atoms with Crippen LogP contribution in [-0.4, -0.2) is 18.2 Å². The molecule has 2 rings (SSSR count). The van der Waals surface area contributed by atoms with Crippen LogP contribution in [0.5, 0.6) is 5.75 Å². The van der Waals surface area contributed by atoms with Gasteiger partial charge in [0.05, 0.1) is 17.5 Å². The number of benzene rings is 1. The Morgan fingerprint density at radius 2 is 2.06 bits per heavy atom. The number of methoxy groups -OCH3 is 1. The Bertz CT molecular complexity index is 453. The molecule has 1 aromatic carbocycles. The van der Waals surface area contributed by atoms with Crippen LogP contribution in [0.2, 0.25) is 10.0 Å². The average Bonchev–Trinajstić information content (AvgIpc) is 3.02. The van der Waals surface area contributed by atoms with Crippen molar-refractivity contribution in [2.24, 2.45) is 0 Å². The van der Waals surface area contributed by atoms with Crippen molar-refractivity contribution in [3.63, 3.8) is 0 Å². The summed E-state index contributed by atoms with van der Waals surface area (Å²) in [5, 5.41) is 9.97. The van der Waals surface area contributed by atoms with Gasteiger partial charge in [-0.25, -0.2) is 0 Å². The van der Waals surface area contributed by atoms with Gasteiger partial charge in [0.2, 0.25) is 0 Å². The molecule has 3 nitrogen and oxygen atoms in total. The SMILES string of the molecule is COc1cc(Cl)cc(C2(C(=O)O)CC2)c1Cl. The first-order chi connectivity index (χ1) is 7.51. The standard InChI is InChI=1S/C11H10Cl2O3/c1-16-8-5-6(12)4-7(9(8)13)11(2-3-11)10(14)15/h4-5H,2-3H2,1H3,(H,14,15). The third-order valence-corrected chi connectivity index (χ3v) is 3.51. The fourth-order valence-electron chi connectivity index (χ4n) is 1.78. The van der Waals surface area contributed by atoms with Crippen molar-refractivity contribution < 1.29 is 14.6 Å². The van der Waals surface area contributed by atoms with Gasteiger partial charge in [0.1, 0.15) is 5.75 Å². The summed E-state index contributed by atoms with van der Waals surface area (Å²) in [4.78, 5) is 11.2. The van der Waals surface area contributed by atoms with E-state index in [1.165, 1.54) is 7.11 Å². The number of carboxylic acids is 1. The van der Waals surface area contributed by atoms with Gasteiger partial charge in [-0.15, -0.1) is 0 Å². The van der Waals surface area contributed by atoms with Gasteiger partial charge in [-0.05, 0) is 24.5 Å². The molecular weight excluding hydrogens is 251 g/mol. The highest BCUT2D eigenvalue weighted by molar-refractivity contribution is 6.35. The lowest BCUT2D eigenvalue weighted by Crippen LogP contribution is -2.20. The van der Waals surface area contributed by atoms with Gasteiger partial charge in [-0.1, -0.05) is 23.2 Å². The molecule has 1 aromatic rings. The van der Waals surface area contributed by atoms with Gasteiger partial charge in [0.25, 0.3) is 0 Å². The zero-order chi connectivity index (χ0) is 11.9. The van der Waals surface area contributed by atoms with Crippen molar-refractivity contribution in [2.45, 2.75) is 18.3 Å². The van der Waals surface area contributed by atoms with E-state index in [9.17, 15) is 9.90 Å². The number of carbonyl (C=O) groups is 1. The zero-order valence-electron chi connectivity index (χ0n) is 8.59. The number of hydrogen-bond donors (Lipinski definition) is 1. The van der Waals surface area contributed by atoms with Gasteiger partial charge >= 0.3 is 5.97 Å². The highest BCUT2D eigenvalue weighted by atomic mass is 35.5. The third-order valence-electron chi connectivity index (χ3n) is 2.90. The van der Waals surface area contributed by atoms with Crippen molar-refractivity contribution in [1.82, 2.24) is 0 Å². The molecule has 1 aliphatic rings. The van der Waals surface area contributed by atoms with E-state index in [4.69, 9.17) is 27.9 Å². The second-order valence-electron chi connectivity index (χ2n) is 3.86.